The van der Waals surface area contributed by atoms with Crippen molar-refractivity contribution in [3.8, 4) is 0 Å². The van der Waals surface area contributed by atoms with Crippen molar-refractivity contribution in [1.82, 2.24) is 4.31 Å². The molecule has 1 aliphatic carbocycles. The lowest BCUT2D eigenvalue weighted by Gasteiger charge is -2.21. The first-order chi connectivity index (χ1) is 14.6. The van der Waals surface area contributed by atoms with Gasteiger partial charge in [0.1, 0.15) is 5.00 Å². The number of amides is 1. The maximum Gasteiger partial charge on any atom is 0.341 e. The maximum absolute atomic E-state index is 12.8. The number of esters is 1. The fraction of sp³-hybridized carbons (Fsp3) is 0.455. The van der Waals surface area contributed by atoms with Gasteiger partial charge in [-0.15, -0.1) is 11.3 Å². The molecule has 1 heterocycles. The fourth-order valence-corrected chi connectivity index (χ4v) is 6.32. The summed E-state index contributed by atoms with van der Waals surface area (Å²) in [5.74, 6) is -0.336. The van der Waals surface area contributed by atoms with E-state index in [4.69, 9.17) is 4.74 Å². The molecule has 31 heavy (non-hydrogen) atoms. The van der Waals surface area contributed by atoms with Crippen LogP contribution in [-0.4, -0.2) is 44.8 Å². The molecule has 1 amide bonds. The number of fused-ring (bicyclic) bond motifs is 1. The molecule has 0 aliphatic heterocycles. The Kier molecular flexibility index (Phi) is 6.88. The third kappa shape index (κ3) is 4.68. The van der Waals surface area contributed by atoms with Crippen molar-refractivity contribution < 1.29 is 22.7 Å². The van der Waals surface area contributed by atoms with Crippen LogP contribution in [0, 0.1) is 5.92 Å². The van der Waals surface area contributed by atoms with Crippen molar-refractivity contribution in [2.24, 2.45) is 5.92 Å². The molecule has 0 saturated heterocycles. The first-order valence-corrected chi connectivity index (χ1v) is 12.4. The first-order valence-electron chi connectivity index (χ1n) is 10.2. The first kappa shape index (κ1) is 23.4. The second kappa shape index (κ2) is 9.10. The Labute approximate surface area is 187 Å². The Bertz CT molecular complexity index is 1090. The lowest BCUT2D eigenvalue weighted by molar-refractivity contribution is 0.0601. The van der Waals surface area contributed by atoms with E-state index in [0.29, 0.717) is 22.0 Å². The molecule has 0 saturated carbocycles. The van der Waals surface area contributed by atoms with Gasteiger partial charge in [-0.25, -0.2) is 13.2 Å². The summed E-state index contributed by atoms with van der Waals surface area (Å²) in [6.07, 6.45) is 2.64. The zero-order valence-corrected chi connectivity index (χ0v) is 20.0. The molecule has 1 aromatic heterocycles. The molecule has 3 rings (SSSR count). The monoisotopic (exact) mass is 464 g/mol. The molecule has 7 nitrogen and oxygen atoms in total. The summed E-state index contributed by atoms with van der Waals surface area (Å²) in [7, 11) is -0.773. The highest BCUT2D eigenvalue weighted by molar-refractivity contribution is 7.89. The second-order valence-corrected chi connectivity index (χ2v) is 11.2. The molecule has 1 aliphatic rings. The van der Waals surface area contributed by atoms with Gasteiger partial charge in [0, 0.05) is 23.5 Å². The molecule has 1 unspecified atom stereocenters. The Morgan fingerprint density at radius 1 is 1.23 bits per heavy atom. The molecular weight excluding hydrogens is 436 g/mol. The molecule has 168 valence electrons. The molecule has 0 radical (unpaired) electrons. The second-order valence-electron chi connectivity index (χ2n) is 8.14. The summed E-state index contributed by atoms with van der Waals surface area (Å²) in [5, 5.41) is 3.31. The summed E-state index contributed by atoms with van der Waals surface area (Å²) in [5.41, 5.74) is 1.70. The third-order valence-electron chi connectivity index (χ3n) is 5.65. The van der Waals surface area contributed by atoms with Crippen molar-refractivity contribution in [3.05, 3.63) is 45.8 Å². The minimum Gasteiger partial charge on any atom is -0.465 e. The van der Waals surface area contributed by atoms with E-state index in [1.165, 1.54) is 54.1 Å². The van der Waals surface area contributed by atoms with Gasteiger partial charge in [-0.1, -0.05) is 6.92 Å². The molecule has 0 fully saturated rings. The van der Waals surface area contributed by atoms with Crippen LogP contribution in [0.3, 0.4) is 0 Å². The van der Waals surface area contributed by atoms with E-state index in [2.05, 4.69) is 12.2 Å². The number of hydrogen-bond donors (Lipinski definition) is 1. The molecule has 1 aromatic carbocycles. The Morgan fingerprint density at radius 2 is 1.87 bits per heavy atom. The minimum absolute atomic E-state index is 0.121. The largest absolute Gasteiger partial charge is 0.465 e. The van der Waals surface area contributed by atoms with Gasteiger partial charge in [-0.05, 0) is 68.9 Å². The van der Waals surface area contributed by atoms with Crippen molar-refractivity contribution >= 4 is 38.2 Å². The van der Waals surface area contributed by atoms with Crippen LogP contribution in [0.1, 0.15) is 58.3 Å². The van der Waals surface area contributed by atoms with E-state index in [1.807, 2.05) is 0 Å². The average Bonchev–Trinajstić information content (AvgIpc) is 3.09. The average molecular weight is 465 g/mol. The van der Waals surface area contributed by atoms with E-state index in [-0.39, 0.29) is 10.9 Å². The number of thiophene rings is 1. The topological polar surface area (TPSA) is 92.8 Å². The molecule has 1 atom stereocenters. The number of rotatable bonds is 6. The lowest BCUT2D eigenvalue weighted by atomic mass is 9.88. The van der Waals surface area contributed by atoms with Crippen LogP contribution in [0.15, 0.2) is 29.2 Å². The van der Waals surface area contributed by atoms with Crippen LogP contribution in [0.4, 0.5) is 5.00 Å². The fourth-order valence-electron chi connectivity index (χ4n) is 3.55. The molecular formula is C22H28N2O5S2. The van der Waals surface area contributed by atoms with Gasteiger partial charge in [0.25, 0.3) is 5.91 Å². The third-order valence-corrected chi connectivity index (χ3v) is 8.87. The standard InChI is InChI=1S/C22H28N2O5S2/c1-13(2)24(4)31(27,28)16-9-7-15(8-10-16)20(25)23-21-19(22(26)29-5)17-11-6-14(3)12-18(17)30-21/h7-10,13-14H,6,11-12H2,1-5H3,(H,23,25). The zero-order valence-electron chi connectivity index (χ0n) is 18.4. The summed E-state index contributed by atoms with van der Waals surface area (Å²) in [6.45, 7) is 5.75. The number of ether oxygens (including phenoxy) is 1. The molecule has 9 heteroatoms. The predicted octanol–water partition coefficient (Wildman–Crippen LogP) is 3.94. The normalized spacial score (nSPS) is 16.3. The highest BCUT2D eigenvalue weighted by Crippen LogP contribution is 2.40. The summed E-state index contributed by atoms with van der Waals surface area (Å²) < 4.78 is 31.5. The number of carbonyl (C=O) groups excluding carboxylic acids is 2. The number of nitrogens with one attached hydrogen (secondary N) is 1. The minimum atomic E-state index is -3.63. The lowest BCUT2D eigenvalue weighted by Crippen LogP contribution is -2.33. The van der Waals surface area contributed by atoms with Gasteiger partial charge in [-0.3, -0.25) is 4.79 Å². The van der Waals surface area contributed by atoms with E-state index < -0.39 is 21.9 Å². The maximum atomic E-state index is 12.8. The van der Waals surface area contributed by atoms with Crippen molar-refractivity contribution in [2.75, 3.05) is 19.5 Å². The number of nitrogens with zero attached hydrogens (tertiary/aromatic N) is 1. The number of sulfonamides is 1. The number of anilines is 1. The van der Waals surface area contributed by atoms with Gasteiger partial charge in [0.2, 0.25) is 10.0 Å². The number of carbonyl (C=O) groups is 2. The molecule has 0 spiro atoms. The van der Waals surface area contributed by atoms with E-state index in [9.17, 15) is 18.0 Å². The van der Waals surface area contributed by atoms with E-state index >= 15 is 0 Å². The molecule has 2 aromatic rings. The highest BCUT2D eigenvalue weighted by atomic mass is 32.2. The van der Waals surface area contributed by atoms with Gasteiger partial charge in [-0.2, -0.15) is 4.31 Å². The number of methoxy groups -OCH3 is 1. The van der Waals surface area contributed by atoms with Crippen LogP contribution in [0.5, 0.6) is 0 Å². The smallest absolute Gasteiger partial charge is 0.341 e. The summed E-state index contributed by atoms with van der Waals surface area (Å²) in [4.78, 5) is 26.5. The van der Waals surface area contributed by atoms with E-state index in [0.717, 1.165) is 29.7 Å². The Balaban J connectivity index is 1.86. The zero-order chi connectivity index (χ0) is 22.9. The summed E-state index contributed by atoms with van der Waals surface area (Å²) in [6, 6.07) is 5.61. The van der Waals surface area contributed by atoms with Crippen molar-refractivity contribution in [3.63, 3.8) is 0 Å². The Hall–Kier alpha value is -2.23. The van der Waals surface area contributed by atoms with Gasteiger partial charge < -0.3 is 10.1 Å². The van der Waals surface area contributed by atoms with Gasteiger partial charge in [0.05, 0.1) is 17.6 Å². The number of hydrogen-bond acceptors (Lipinski definition) is 6. The van der Waals surface area contributed by atoms with Crippen LogP contribution < -0.4 is 5.32 Å². The van der Waals surface area contributed by atoms with Crippen molar-refractivity contribution in [1.29, 1.82) is 0 Å². The SMILES string of the molecule is COC(=O)c1c(NC(=O)c2ccc(S(=O)(=O)N(C)C(C)C)cc2)sc2c1CCC(C)C2. The quantitative estimate of drug-likeness (QED) is 0.654. The van der Waals surface area contributed by atoms with Crippen LogP contribution in [0.2, 0.25) is 0 Å². The van der Waals surface area contributed by atoms with Crippen LogP contribution in [0.25, 0.3) is 0 Å². The van der Waals surface area contributed by atoms with Crippen molar-refractivity contribution in [2.45, 2.75) is 51.0 Å². The van der Waals surface area contributed by atoms with E-state index in [1.54, 1.807) is 13.8 Å². The van der Waals surface area contributed by atoms with Gasteiger partial charge >= 0.3 is 5.97 Å². The summed E-state index contributed by atoms with van der Waals surface area (Å²) >= 11 is 1.41. The Morgan fingerprint density at radius 3 is 2.45 bits per heavy atom. The molecule has 1 N–H and O–H groups in total. The van der Waals surface area contributed by atoms with Crippen LogP contribution >= 0.6 is 11.3 Å². The highest BCUT2D eigenvalue weighted by Gasteiger charge is 2.29. The van der Waals surface area contributed by atoms with Crippen LogP contribution in [-0.2, 0) is 27.6 Å². The molecule has 0 bridgehead atoms. The predicted molar refractivity (Wildman–Crippen MR) is 121 cm³/mol. The van der Waals surface area contributed by atoms with Gasteiger partial charge in [0.15, 0.2) is 0 Å². The number of benzene rings is 1.